The molecule has 2 aromatic carbocycles. The second-order valence-corrected chi connectivity index (χ2v) is 7.57. The monoisotopic (exact) mass is 361 g/mol. The molecular formula is C23H27N3O. The first kappa shape index (κ1) is 17.8. The number of hydrogen-bond acceptors (Lipinski definition) is 2. The summed E-state index contributed by atoms with van der Waals surface area (Å²) in [6.07, 6.45) is 2.75. The fourth-order valence-electron chi connectivity index (χ4n) is 4.04. The Morgan fingerprint density at radius 3 is 2.70 bits per heavy atom. The molecule has 1 aliphatic rings. The normalized spacial score (nSPS) is 17.2. The summed E-state index contributed by atoms with van der Waals surface area (Å²) in [6, 6.07) is 16.8. The third-order valence-corrected chi connectivity index (χ3v) is 5.64. The molecule has 0 unspecified atom stereocenters. The molecule has 1 aromatic heterocycles. The molecular weight excluding hydrogens is 334 g/mol. The smallest absolute Gasteiger partial charge is 0.223 e. The van der Waals surface area contributed by atoms with Crippen molar-refractivity contribution in [3.8, 4) is 0 Å². The molecule has 0 N–H and O–H groups in total. The largest absolute Gasteiger partial charge is 0.342 e. The number of carbonyl (C=O) groups excluding carboxylic acids is 1. The molecule has 3 aromatic rings. The number of amides is 1. The molecule has 4 nitrogen and oxygen atoms in total. The highest BCUT2D eigenvalue weighted by atomic mass is 16.2. The van der Waals surface area contributed by atoms with E-state index in [9.17, 15) is 4.79 Å². The van der Waals surface area contributed by atoms with E-state index in [1.54, 1.807) is 0 Å². The zero-order valence-corrected chi connectivity index (χ0v) is 16.2. The van der Waals surface area contributed by atoms with Crippen LogP contribution in [0.3, 0.4) is 0 Å². The Morgan fingerprint density at radius 2 is 1.89 bits per heavy atom. The van der Waals surface area contributed by atoms with Crippen LogP contribution >= 0.6 is 0 Å². The van der Waals surface area contributed by atoms with Crippen molar-refractivity contribution in [1.82, 2.24) is 14.5 Å². The summed E-state index contributed by atoms with van der Waals surface area (Å²) in [7, 11) is 0. The van der Waals surface area contributed by atoms with Gasteiger partial charge in [0, 0.05) is 32.0 Å². The van der Waals surface area contributed by atoms with E-state index in [1.165, 1.54) is 11.1 Å². The van der Waals surface area contributed by atoms with Crippen LogP contribution < -0.4 is 0 Å². The summed E-state index contributed by atoms with van der Waals surface area (Å²) in [5.74, 6) is 1.49. The fraction of sp³-hybridized carbons (Fsp3) is 0.391. The highest BCUT2D eigenvalue weighted by Crippen LogP contribution is 2.31. The minimum absolute atomic E-state index is 0.172. The molecule has 4 rings (SSSR count). The van der Waals surface area contributed by atoms with E-state index in [4.69, 9.17) is 4.98 Å². The van der Waals surface area contributed by atoms with E-state index in [1.807, 2.05) is 11.0 Å². The fourth-order valence-corrected chi connectivity index (χ4v) is 4.04. The van der Waals surface area contributed by atoms with Crippen LogP contribution in [-0.4, -0.2) is 33.4 Å². The van der Waals surface area contributed by atoms with Gasteiger partial charge in [-0.25, -0.2) is 4.98 Å². The SMILES string of the molecule is CCCCN1C[C@@H](c2nc3ccccc3n2Cc2ccccc2C)CC1=O. The van der Waals surface area contributed by atoms with Crippen LogP contribution in [-0.2, 0) is 11.3 Å². The molecule has 1 saturated heterocycles. The molecule has 27 heavy (non-hydrogen) atoms. The second kappa shape index (κ2) is 7.55. The van der Waals surface area contributed by atoms with Crippen molar-refractivity contribution in [2.45, 2.75) is 45.6 Å². The number of likely N-dealkylation sites (tertiary alicyclic amines) is 1. The van der Waals surface area contributed by atoms with Crippen molar-refractivity contribution in [2.75, 3.05) is 13.1 Å². The Hall–Kier alpha value is -2.62. The van der Waals surface area contributed by atoms with Crippen LogP contribution in [0.5, 0.6) is 0 Å². The van der Waals surface area contributed by atoms with Gasteiger partial charge in [-0.15, -0.1) is 0 Å². The number of para-hydroxylation sites is 2. The Balaban J connectivity index is 1.71. The molecule has 0 aliphatic carbocycles. The minimum Gasteiger partial charge on any atom is -0.342 e. The average Bonchev–Trinajstić information content (AvgIpc) is 3.22. The number of unbranched alkanes of at least 4 members (excludes halogenated alkanes) is 1. The first-order valence-corrected chi connectivity index (χ1v) is 9.94. The molecule has 1 atom stereocenters. The lowest BCUT2D eigenvalue weighted by Gasteiger charge is -2.17. The van der Waals surface area contributed by atoms with Crippen LogP contribution in [0.15, 0.2) is 48.5 Å². The maximum atomic E-state index is 12.5. The summed E-state index contributed by atoms with van der Waals surface area (Å²) in [6.45, 7) is 6.77. The zero-order valence-electron chi connectivity index (χ0n) is 16.2. The molecule has 4 heteroatoms. The predicted octanol–water partition coefficient (Wildman–Crippen LogP) is 4.51. The number of hydrogen-bond donors (Lipinski definition) is 0. The highest BCUT2D eigenvalue weighted by molar-refractivity contribution is 5.81. The molecule has 0 spiro atoms. The summed E-state index contributed by atoms with van der Waals surface area (Å²) < 4.78 is 2.32. The first-order valence-electron chi connectivity index (χ1n) is 9.94. The summed E-state index contributed by atoms with van der Waals surface area (Å²) in [4.78, 5) is 19.5. The molecule has 0 bridgehead atoms. The third-order valence-electron chi connectivity index (χ3n) is 5.64. The maximum absolute atomic E-state index is 12.5. The van der Waals surface area contributed by atoms with Gasteiger partial charge in [-0.05, 0) is 36.6 Å². The van der Waals surface area contributed by atoms with Gasteiger partial charge < -0.3 is 9.47 Å². The summed E-state index contributed by atoms with van der Waals surface area (Å²) >= 11 is 0. The van der Waals surface area contributed by atoms with Gasteiger partial charge in [0.05, 0.1) is 11.0 Å². The van der Waals surface area contributed by atoms with Crippen molar-refractivity contribution >= 4 is 16.9 Å². The average molecular weight is 361 g/mol. The number of aryl methyl sites for hydroxylation is 1. The summed E-state index contributed by atoms with van der Waals surface area (Å²) in [5.41, 5.74) is 4.75. The number of nitrogens with zero attached hydrogens (tertiary/aromatic N) is 3. The number of fused-ring (bicyclic) bond motifs is 1. The van der Waals surface area contributed by atoms with E-state index < -0.39 is 0 Å². The third kappa shape index (κ3) is 3.48. The maximum Gasteiger partial charge on any atom is 0.223 e. The lowest BCUT2D eigenvalue weighted by atomic mass is 10.1. The van der Waals surface area contributed by atoms with Crippen molar-refractivity contribution in [3.63, 3.8) is 0 Å². The van der Waals surface area contributed by atoms with Gasteiger partial charge in [-0.2, -0.15) is 0 Å². The first-order chi connectivity index (χ1) is 13.2. The number of benzene rings is 2. The van der Waals surface area contributed by atoms with Crippen LogP contribution in [0.2, 0.25) is 0 Å². The van der Waals surface area contributed by atoms with E-state index >= 15 is 0 Å². The van der Waals surface area contributed by atoms with E-state index in [0.717, 1.165) is 49.3 Å². The van der Waals surface area contributed by atoms with E-state index in [2.05, 4.69) is 60.9 Å². The van der Waals surface area contributed by atoms with Gasteiger partial charge in [0.1, 0.15) is 5.82 Å². The van der Waals surface area contributed by atoms with Crippen molar-refractivity contribution in [1.29, 1.82) is 0 Å². The van der Waals surface area contributed by atoms with E-state index in [-0.39, 0.29) is 11.8 Å². The second-order valence-electron chi connectivity index (χ2n) is 7.57. The predicted molar refractivity (Wildman–Crippen MR) is 109 cm³/mol. The van der Waals surface area contributed by atoms with Gasteiger partial charge >= 0.3 is 0 Å². The van der Waals surface area contributed by atoms with Gasteiger partial charge in [0.25, 0.3) is 0 Å². The number of carbonyl (C=O) groups is 1. The standard InChI is InChI=1S/C23H27N3O/c1-3-4-13-25-15-19(14-22(25)27)23-24-20-11-7-8-12-21(20)26(23)16-18-10-6-5-9-17(18)2/h5-12,19H,3-4,13-16H2,1-2H3/t19-/m0/s1. The molecule has 0 radical (unpaired) electrons. The van der Waals surface area contributed by atoms with Gasteiger partial charge in [0.15, 0.2) is 0 Å². The Morgan fingerprint density at radius 1 is 1.11 bits per heavy atom. The number of imidazole rings is 1. The Kier molecular flexibility index (Phi) is 4.97. The van der Waals surface area contributed by atoms with Gasteiger partial charge in [-0.3, -0.25) is 4.79 Å². The van der Waals surface area contributed by atoms with Gasteiger partial charge in [0.2, 0.25) is 5.91 Å². The molecule has 1 amide bonds. The zero-order chi connectivity index (χ0) is 18.8. The van der Waals surface area contributed by atoms with Crippen LogP contribution in [0.4, 0.5) is 0 Å². The van der Waals surface area contributed by atoms with Crippen LogP contribution in [0, 0.1) is 6.92 Å². The molecule has 140 valence electrons. The Labute approximate surface area is 160 Å². The number of aromatic nitrogens is 2. The minimum atomic E-state index is 0.172. The van der Waals surface area contributed by atoms with Crippen molar-refractivity contribution < 1.29 is 4.79 Å². The summed E-state index contributed by atoms with van der Waals surface area (Å²) in [5, 5.41) is 0. The number of rotatable bonds is 6. The quantitative estimate of drug-likeness (QED) is 0.648. The molecule has 1 fully saturated rings. The van der Waals surface area contributed by atoms with E-state index in [0.29, 0.717) is 6.42 Å². The lowest BCUT2D eigenvalue weighted by Crippen LogP contribution is -2.26. The molecule has 0 saturated carbocycles. The van der Waals surface area contributed by atoms with Crippen LogP contribution in [0.25, 0.3) is 11.0 Å². The highest BCUT2D eigenvalue weighted by Gasteiger charge is 2.33. The molecule has 1 aliphatic heterocycles. The van der Waals surface area contributed by atoms with Gasteiger partial charge in [-0.1, -0.05) is 49.7 Å². The van der Waals surface area contributed by atoms with Crippen molar-refractivity contribution in [2.24, 2.45) is 0 Å². The van der Waals surface area contributed by atoms with Crippen molar-refractivity contribution in [3.05, 3.63) is 65.5 Å². The Bertz CT molecular complexity index is 959. The lowest BCUT2D eigenvalue weighted by molar-refractivity contribution is -0.127. The topological polar surface area (TPSA) is 38.1 Å². The van der Waals surface area contributed by atoms with Crippen LogP contribution in [0.1, 0.15) is 49.1 Å². The molecule has 2 heterocycles.